The molecular weight excluding hydrogens is 520 g/mol. The maximum absolute atomic E-state index is 13.4. The van der Waals surface area contributed by atoms with Gasteiger partial charge in [0.25, 0.3) is 11.5 Å². The van der Waals surface area contributed by atoms with Gasteiger partial charge >= 0.3 is 0 Å². The molecule has 0 bridgehead atoms. The maximum Gasteiger partial charge on any atom is 0.289 e. The largest absolute Gasteiger partial charge is 0.459 e. The molecule has 39 heavy (non-hydrogen) atoms. The van der Waals surface area contributed by atoms with Crippen LogP contribution in [0.3, 0.4) is 0 Å². The fraction of sp³-hybridized carbons (Fsp3) is 0.250. The van der Waals surface area contributed by atoms with Crippen LogP contribution in [0.5, 0.6) is 0 Å². The Labute approximate surface area is 228 Å². The second kappa shape index (κ2) is 10.4. The summed E-state index contributed by atoms with van der Waals surface area (Å²) in [6, 6.07) is 18.0. The van der Waals surface area contributed by atoms with Crippen molar-refractivity contribution in [2.24, 2.45) is 0 Å². The third-order valence-corrected chi connectivity index (χ3v) is 7.29. The number of para-hydroxylation sites is 1. The lowest BCUT2D eigenvalue weighted by atomic mass is 10.2. The van der Waals surface area contributed by atoms with Crippen molar-refractivity contribution in [2.75, 3.05) is 26.2 Å². The molecule has 1 saturated heterocycles. The standard InChI is InChI=1S/C28H25ClN6O4/c29-20-9-7-19(8-10-20)18-34-26(37)21-4-1-2-5-22(21)35-24(30-31-28(34)35)11-12-25(36)32-13-15-33(16-14-32)27(38)23-6-3-17-39-23/h1-10,17H,11-16,18H2. The van der Waals surface area contributed by atoms with Crippen molar-refractivity contribution in [3.8, 4) is 0 Å². The average Bonchev–Trinajstić information content (AvgIpc) is 3.66. The number of hydrogen-bond donors (Lipinski definition) is 0. The minimum Gasteiger partial charge on any atom is -0.459 e. The van der Waals surface area contributed by atoms with Crippen molar-refractivity contribution in [3.63, 3.8) is 0 Å². The van der Waals surface area contributed by atoms with Crippen LogP contribution in [0.4, 0.5) is 0 Å². The number of aryl methyl sites for hydroxylation is 1. The molecule has 0 atom stereocenters. The van der Waals surface area contributed by atoms with E-state index in [1.165, 1.54) is 6.26 Å². The summed E-state index contributed by atoms with van der Waals surface area (Å²) in [4.78, 5) is 42.4. The molecule has 11 heteroatoms. The molecule has 0 aliphatic carbocycles. The molecule has 0 spiro atoms. The first-order chi connectivity index (χ1) is 19.0. The molecule has 10 nitrogen and oxygen atoms in total. The first-order valence-corrected chi connectivity index (χ1v) is 13.1. The van der Waals surface area contributed by atoms with E-state index in [0.29, 0.717) is 72.4 Å². The smallest absolute Gasteiger partial charge is 0.289 e. The zero-order chi connectivity index (χ0) is 26.9. The molecule has 6 rings (SSSR count). The zero-order valence-corrected chi connectivity index (χ0v) is 21.8. The number of nitrogens with zero attached hydrogens (tertiary/aromatic N) is 6. The van der Waals surface area contributed by atoms with Crippen LogP contribution >= 0.6 is 11.6 Å². The van der Waals surface area contributed by atoms with Crippen molar-refractivity contribution in [1.29, 1.82) is 0 Å². The molecule has 0 unspecified atom stereocenters. The van der Waals surface area contributed by atoms with Gasteiger partial charge in [0, 0.05) is 44.0 Å². The van der Waals surface area contributed by atoms with Crippen LogP contribution in [0.25, 0.3) is 16.7 Å². The summed E-state index contributed by atoms with van der Waals surface area (Å²) in [5.74, 6) is 1.14. The molecule has 3 aromatic heterocycles. The van der Waals surface area contributed by atoms with Crippen LogP contribution in [0.15, 0.2) is 76.1 Å². The number of rotatable bonds is 6. The van der Waals surface area contributed by atoms with E-state index in [1.807, 2.05) is 34.7 Å². The Morgan fingerprint density at radius 2 is 1.64 bits per heavy atom. The number of piperazine rings is 1. The van der Waals surface area contributed by atoms with Gasteiger partial charge in [0.1, 0.15) is 5.82 Å². The summed E-state index contributed by atoms with van der Waals surface area (Å²) in [6.07, 6.45) is 2.06. The van der Waals surface area contributed by atoms with Crippen LogP contribution < -0.4 is 5.56 Å². The highest BCUT2D eigenvalue weighted by Crippen LogP contribution is 2.18. The normalized spacial score (nSPS) is 13.9. The average molecular weight is 545 g/mol. The molecule has 1 fully saturated rings. The number of carbonyl (C=O) groups is 2. The first kappa shape index (κ1) is 24.9. The molecule has 198 valence electrons. The number of aromatic nitrogens is 4. The lowest BCUT2D eigenvalue weighted by Gasteiger charge is -2.34. The van der Waals surface area contributed by atoms with Gasteiger partial charge in [0.2, 0.25) is 11.7 Å². The van der Waals surface area contributed by atoms with Crippen molar-refractivity contribution in [2.45, 2.75) is 19.4 Å². The van der Waals surface area contributed by atoms with Crippen molar-refractivity contribution in [3.05, 3.63) is 99.5 Å². The van der Waals surface area contributed by atoms with E-state index in [2.05, 4.69) is 10.2 Å². The lowest BCUT2D eigenvalue weighted by molar-refractivity contribution is -0.132. The highest BCUT2D eigenvalue weighted by atomic mass is 35.5. The summed E-state index contributed by atoms with van der Waals surface area (Å²) in [5, 5.41) is 9.91. The van der Waals surface area contributed by atoms with E-state index in [4.69, 9.17) is 16.0 Å². The van der Waals surface area contributed by atoms with E-state index in [1.54, 1.807) is 44.7 Å². The van der Waals surface area contributed by atoms with E-state index < -0.39 is 0 Å². The Kier molecular flexibility index (Phi) is 6.62. The Morgan fingerprint density at radius 1 is 0.897 bits per heavy atom. The van der Waals surface area contributed by atoms with Crippen molar-refractivity contribution >= 4 is 40.1 Å². The number of hydrogen-bond acceptors (Lipinski definition) is 6. The van der Waals surface area contributed by atoms with Gasteiger partial charge in [0.05, 0.1) is 23.7 Å². The zero-order valence-electron chi connectivity index (χ0n) is 21.0. The minimum atomic E-state index is -0.168. The Balaban J connectivity index is 1.21. The van der Waals surface area contributed by atoms with Gasteiger partial charge in [0.15, 0.2) is 5.76 Å². The number of furan rings is 1. The lowest BCUT2D eigenvalue weighted by Crippen LogP contribution is -2.50. The number of benzene rings is 2. The first-order valence-electron chi connectivity index (χ1n) is 12.7. The van der Waals surface area contributed by atoms with Gasteiger partial charge in [-0.25, -0.2) is 0 Å². The highest BCUT2D eigenvalue weighted by molar-refractivity contribution is 6.30. The number of fused-ring (bicyclic) bond motifs is 3. The van der Waals surface area contributed by atoms with E-state index in [-0.39, 0.29) is 23.8 Å². The quantitative estimate of drug-likeness (QED) is 0.325. The number of halogens is 1. The number of carbonyl (C=O) groups excluding carboxylic acids is 2. The molecule has 4 heterocycles. The molecule has 0 N–H and O–H groups in total. The third-order valence-electron chi connectivity index (χ3n) is 7.04. The Bertz CT molecular complexity index is 1720. The molecule has 0 radical (unpaired) electrons. The van der Waals surface area contributed by atoms with Gasteiger partial charge in [-0.3, -0.25) is 23.4 Å². The fourth-order valence-electron chi connectivity index (χ4n) is 4.98. The van der Waals surface area contributed by atoms with E-state index >= 15 is 0 Å². The van der Waals surface area contributed by atoms with E-state index in [9.17, 15) is 14.4 Å². The molecule has 1 aliphatic heterocycles. The van der Waals surface area contributed by atoms with Crippen LogP contribution in [0.1, 0.15) is 28.4 Å². The second-order valence-corrected chi connectivity index (χ2v) is 9.87. The second-order valence-electron chi connectivity index (χ2n) is 9.44. The summed E-state index contributed by atoms with van der Waals surface area (Å²) < 4.78 is 8.67. The molecule has 0 saturated carbocycles. The van der Waals surface area contributed by atoms with Crippen molar-refractivity contribution in [1.82, 2.24) is 29.0 Å². The molecule has 1 aliphatic rings. The topological polar surface area (TPSA) is 106 Å². The fourth-order valence-corrected chi connectivity index (χ4v) is 5.11. The molecule has 5 aromatic rings. The highest BCUT2D eigenvalue weighted by Gasteiger charge is 2.26. The van der Waals surface area contributed by atoms with Crippen LogP contribution in [-0.4, -0.2) is 67.0 Å². The minimum absolute atomic E-state index is 0.0179. The van der Waals surface area contributed by atoms with Crippen LogP contribution in [0, 0.1) is 0 Å². The summed E-state index contributed by atoms with van der Waals surface area (Å²) in [6.45, 7) is 2.11. The summed E-state index contributed by atoms with van der Waals surface area (Å²) >= 11 is 6.03. The Hall–Kier alpha value is -4.44. The monoisotopic (exact) mass is 544 g/mol. The van der Waals surface area contributed by atoms with Gasteiger partial charge in [-0.1, -0.05) is 35.9 Å². The van der Waals surface area contributed by atoms with Gasteiger partial charge < -0.3 is 14.2 Å². The van der Waals surface area contributed by atoms with Gasteiger partial charge in [-0.05, 0) is 42.0 Å². The molecular formula is C28H25ClN6O4. The maximum atomic E-state index is 13.4. The van der Waals surface area contributed by atoms with E-state index in [0.717, 1.165) is 5.56 Å². The predicted octanol–water partition coefficient (Wildman–Crippen LogP) is 3.26. The summed E-state index contributed by atoms with van der Waals surface area (Å²) in [7, 11) is 0. The van der Waals surface area contributed by atoms with Crippen molar-refractivity contribution < 1.29 is 14.0 Å². The van der Waals surface area contributed by atoms with Crippen LogP contribution in [-0.2, 0) is 17.8 Å². The van der Waals surface area contributed by atoms with Crippen LogP contribution in [0.2, 0.25) is 5.02 Å². The molecule has 2 amide bonds. The Morgan fingerprint density at radius 3 is 2.38 bits per heavy atom. The van der Waals surface area contributed by atoms with Gasteiger partial charge in [-0.2, -0.15) is 0 Å². The third kappa shape index (κ3) is 4.79. The number of amides is 2. The van der Waals surface area contributed by atoms with Gasteiger partial charge in [-0.15, -0.1) is 10.2 Å². The SMILES string of the molecule is O=C(CCc1nnc2n(Cc3ccc(Cl)cc3)c(=O)c3ccccc3n12)N1CCN(C(=O)c2ccco2)CC1. The summed E-state index contributed by atoms with van der Waals surface area (Å²) in [5.41, 5.74) is 1.44. The predicted molar refractivity (Wildman–Crippen MR) is 145 cm³/mol. The molecule has 2 aromatic carbocycles.